The Labute approximate surface area is 176 Å². The molecule has 3 nitrogen and oxygen atoms in total. The summed E-state index contributed by atoms with van der Waals surface area (Å²) in [5, 5.41) is 5.19. The van der Waals surface area contributed by atoms with E-state index in [0.29, 0.717) is 5.56 Å². The third-order valence-electron chi connectivity index (χ3n) is 4.97. The van der Waals surface area contributed by atoms with Gasteiger partial charge in [-0.15, -0.1) is 0 Å². The van der Waals surface area contributed by atoms with E-state index in [1.54, 1.807) is 12.1 Å². The number of amides is 1. The van der Waals surface area contributed by atoms with Crippen molar-refractivity contribution in [3.8, 4) is 11.1 Å². The van der Waals surface area contributed by atoms with Crippen LogP contribution in [0.25, 0.3) is 33.1 Å². The molecule has 0 aliphatic carbocycles. The van der Waals surface area contributed by atoms with Gasteiger partial charge in [-0.1, -0.05) is 58.4 Å². The van der Waals surface area contributed by atoms with Gasteiger partial charge < -0.3 is 9.73 Å². The Kier molecular flexibility index (Phi) is 4.41. The van der Waals surface area contributed by atoms with Crippen molar-refractivity contribution in [2.24, 2.45) is 0 Å². The van der Waals surface area contributed by atoms with Gasteiger partial charge in [0.25, 0.3) is 5.91 Å². The van der Waals surface area contributed by atoms with Gasteiger partial charge in [0.2, 0.25) is 0 Å². The van der Waals surface area contributed by atoms with Crippen molar-refractivity contribution in [3.05, 3.63) is 101 Å². The average Bonchev–Trinajstić information content (AvgIpc) is 3.12. The summed E-state index contributed by atoms with van der Waals surface area (Å²) >= 11 is 3.40. The van der Waals surface area contributed by atoms with E-state index in [0.717, 1.165) is 43.2 Å². The normalized spacial score (nSPS) is 11.1. The number of carbonyl (C=O) groups is 1. The first-order chi connectivity index (χ1) is 14.2. The van der Waals surface area contributed by atoms with Gasteiger partial charge in [-0.05, 0) is 54.1 Å². The summed E-state index contributed by atoms with van der Waals surface area (Å²) in [6.07, 6.45) is 0. The minimum absolute atomic E-state index is 0.139. The fraction of sp³-hybridized carbons (Fsp3) is 0. The predicted octanol–water partition coefficient (Wildman–Crippen LogP) is 7.27. The molecular formula is C25H16BrNO2. The molecule has 0 bridgehead atoms. The van der Waals surface area contributed by atoms with Gasteiger partial charge in [0.15, 0.2) is 0 Å². The van der Waals surface area contributed by atoms with Crippen LogP contribution in [0.3, 0.4) is 0 Å². The number of halogens is 1. The molecule has 0 aliphatic rings. The number of rotatable bonds is 3. The lowest BCUT2D eigenvalue weighted by Crippen LogP contribution is -2.12. The standard InChI is InChI=1S/C25H16BrNO2/c26-18-12-9-16(10-13-18)25(28)27-22-7-3-1-5-19(22)17-11-14-24-21(15-17)20-6-2-4-8-23(20)29-24/h1-15H,(H,27,28). The Morgan fingerprint density at radius 3 is 2.34 bits per heavy atom. The summed E-state index contributed by atoms with van der Waals surface area (Å²) in [6, 6.07) is 29.3. The molecule has 4 heteroatoms. The summed E-state index contributed by atoms with van der Waals surface area (Å²) in [5.74, 6) is -0.139. The van der Waals surface area contributed by atoms with Crippen LogP contribution < -0.4 is 5.32 Å². The third kappa shape index (κ3) is 3.32. The van der Waals surface area contributed by atoms with Crippen LogP contribution in [0.1, 0.15) is 10.4 Å². The maximum absolute atomic E-state index is 12.7. The summed E-state index contributed by atoms with van der Waals surface area (Å²) in [7, 11) is 0. The molecule has 5 aromatic rings. The maximum atomic E-state index is 12.7. The number of para-hydroxylation sites is 2. The van der Waals surface area contributed by atoms with E-state index in [1.165, 1.54) is 0 Å². The zero-order valence-corrected chi connectivity index (χ0v) is 16.9. The quantitative estimate of drug-likeness (QED) is 0.319. The fourth-order valence-electron chi connectivity index (χ4n) is 3.53. The van der Waals surface area contributed by atoms with Gasteiger partial charge >= 0.3 is 0 Å². The number of benzene rings is 4. The molecule has 140 valence electrons. The molecule has 5 rings (SSSR count). The lowest BCUT2D eigenvalue weighted by Gasteiger charge is -2.12. The number of fused-ring (bicyclic) bond motifs is 3. The molecule has 0 saturated heterocycles. The Morgan fingerprint density at radius 2 is 1.48 bits per heavy atom. The van der Waals surface area contributed by atoms with E-state index >= 15 is 0 Å². The first kappa shape index (κ1) is 17.7. The van der Waals surface area contributed by atoms with E-state index in [-0.39, 0.29) is 5.91 Å². The van der Waals surface area contributed by atoms with Crippen molar-refractivity contribution in [2.75, 3.05) is 5.32 Å². The molecule has 0 saturated carbocycles. The molecular weight excluding hydrogens is 426 g/mol. The lowest BCUT2D eigenvalue weighted by atomic mass is 10.0. The van der Waals surface area contributed by atoms with Crippen molar-refractivity contribution in [2.45, 2.75) is 0 Å². The molecule has 4 aromatic carbocycles. The smallest absolute Gasteiger partial charge is 0.255 e. The minimum Gasteiger partial charge on any atom is -0.456 e. The van der Waals surface area contributed by atoms with Gasteiger partial charge in [0, 0.05) is 32.1 Å². The number of anilines is 1. The van der Waals surface area contributed by atoms with Crippen LogP contribution in [-0.2, 0) is 0 Å². The van der Waals surface area contributed by atoms with Crippen molar-refractivity contribution >= 4 is 49.5 Å². The van der Waals surface area contributed by atoms with E-state index < -0.39 is 0 Å². The molecule has 1 N–H and O–H groups in total. The second-order valence-electron chi connectivity index (χ2n) is 6.82. The van der Waals surface area contributed by atoms with Crippen LogP contribution >= 0.6 is 15.9 Å². The van der Waals surface area contributed by atoms with Gasteiger partial charge in [0.1, 0.15) is 11.2 Å². The number of furan rings is 1. The largest absolute Gasteiger partial charge is 0.456 e. The summed E-state index contributed by atoms with van der Waals surface area (Å²) < 4.78 is 6.87. The van der Waals surface area contributed by atoms with Gasteiger partial charge in [-0.25, -0.2) is 0 Å². The van der Waals surface area contributed by atoms with E-state index in [4.69, 9.17) is 4.42 Å². The molecule has 0 aliphatic heterocycles. The molecule has 29 heavy (non-hydrogen) atoms. The Bertz CT molecular complexity index is 1350. The number of hydrogen-bond acceptors (Lipinski definition) is 2. The molecule has 0 unspecified atom stereocenters. The van der Waals surface area contributed by atoms with Crippen LogP contribution in [0, 0.1) is 0 Å². The Hall–Kier alpha value is -3.37. The van der Waals surface area contributed by atoms with Gasteiger partial charge in [-0.3, -0.25) is 4.79 Å². The Morgan fingerprint density at radius 1 is 0.759 bits per heavy atom. The van der Waals surface area contributed by atoms with Gasteiger partial charge in [-0.2, -0.15) is 0 Å². The van der Waals surface area contributed by atoms with E-state index in [2.05, 4.69) is 33.4 Å². The molecule has 1 aromatic heterocycles. The summed E-state index contributed by atoms with van der Waals surface area (Å²) in [5.41, 5.74) is 5.09. The van der Waals surface area contributed by atoms with E-state index in [9.17, 15) is 4.79 Å². The molecule has 0 atom stereocenters. The second kappa shape index (κ2) is 7.22. The first-order valence-electron chi connectivity index (χ1n) is 9.27. The minimum atomic E-state index is -0.139. The number of hydrogen-bond donors (Lipinski definition) is 1. The predicted molar refractivity (Wildman–Crippen MR) is 121 cm³/mol. The molecule has 1 heterocycles. The highest BCUT2D eigenvalue weighted by Gasteiger charge is 2.12. The van der Waals surface area contributed by atoms with Crippen LogP contribution in [0.15, 0.2) is 99.9 Å². The topological polar surface area (TPSA) is 42.2 Å². The summed E-state index contributed by atoms with van der Waals surface area (Å²) in [4.78, 5) is 12.7. The fourth-order valence-corrected chi connectivity index (χ4v) is 3.80. The second-order valence-corrected chi connectivity index (χ2v) is 7.73. The van der Waals surface area contributed by atoms with Gasteiger partial charge in [0.05, 0.1) is 0 Å². The SMILES string of the molecule is O=C(Nc1ccccc1-c1ccc2oc3ccccc3c2c1)c1ccc(Br)cc1. The van der Waals surface area contributed by atoms with Crippen LogP contribution in [0.5, 0.6) is 0 Å². The summed E-state index contributed by atoms with van der Waals surface area (Å²) in [6.45, 7) is 0. The average molecular weight is 442 g/mol. The van der Waals surface area contributed by atoms with Crippen molar-refractivity contribution in [1.29, 1.82) is 0 Å². The third-order valence-corrected chi connectivity index (χ3v) is 5.50. The highest BCUT2D eigenvalue weighted by atomic mass is 79.9. The highest BCUT2D eigenvalue weighted by molar-refractivity contribution is 9.10. The van der Waals surface area contributed by atoms with Crippen LogP contribution in [-0.4, -0.2) is 5.91 Å². The molecule has 0 spiro atoms. The monoisotopic (exact) mass is 441 g/mol. The van der Waals surface area contributed by atoms with Crippen LogP contribution in [0.2, 0.25) is 0 Å². The van der Waals surface area contributed by atoms with Crippen molar-refractivity contribution in [3.63, 3.8) is 0 Å². The van der Waals surface area contributed by atoms with Crippen LogP contribution in [0.4, 0.5) is 5.69 Å². The van der Waals surface area contributed by atoms with E-state index in [1.807, 2.05) is 66.7 Å². The molecule has 1 amide bonds. The zero-order valence-electron chi connectivity index (χ0n) is 15.4. The number of carbonyl (C=O) groups excluding carboxylic acids is 1. The Balaban J connectivity index is 1.56. The number of nitrogens with one attached hydrogen (secondary N) is 1. The van der Waals surface area contributed by atoms with Crippen molar-refractivity contribution < 1.29 is 9.21 Å². The molecule has 0 fully saturated rings. The van der Waals surface area contributed by atoms with Crippen molar-refractivity contribution in [1.82, 2.24) is 0 Å². The maximum Gasteiger partial charge on any atom is 0.255 e. The highest BCUT2D eigenvalue weighted by Crippen LogP contribution is 2.35. The lowest BCUT2D eigenvalue weighted by molar-refractivity contribution is 0.102. The zero-order chi connectivity index (χ0) is 19.8. The molecule has 0 radical (unpaired) electrons. The first-order valence-corrected chi connectivity index (χ1v) is 10.1.